The van der Waals surface area contributed by atoms with E-state index in [0.717, 1.165) is 0 Å². The van der Waals surface area contributed by atoms with E-state index in [1.54, 1.807) is 0 Å². The lowest BCUT2D eigenvalue weighted by Gasteiger charge is -1.90. The number of ether oxygens (including phenoxy) is 1. The zero-order valence-electron chi connectivity index (χ0n) is 4.90. The molecule has 0 aliphatic heterocycles. The lowest BCUT2D eigenvalue weighted by molar-refractivity contribution is -0.121. The van der Waals surface area contributed by atoms with E-state index in [0.29, 0.717) is 0 Å². The summed E-state index contributed by atoms with van der Waals surface area (Å²) in [4.78, 5) is 20.1. The van der Waals surface area contributed by atoms with Gasteiger partial charge >= 0.3 is 0 Å². The molecule has 5 heteroatoms. The third kappa shape index (κ3) is 1.41. The van der Waals surface area contributed by atoms with Crippen molar-refractivity contribution in [2.45, 2.75) is 0 Å². The molecule has 1 rings (SSSR count). The van der Waals surface area contributed by atoms with Crippen molar-refractivity contribution >= 4 is 6.47 Å². The van der Waals surface area contributed by atoms with Gasteiger partial charge in [-0.1, -0.05) is 0 Å². The van der Waals surface area contributed by atoms with Crippen LogP contribution in [0.1, 0.15) is 0 Å². The van der Waals surface area contributed by atoms with E-state index >= 15 is 0 Å². The minimum Gasteiger partial charge on any atom is -0.408 e. The second-order valence-electron chi connectivity index (χ2n) is 1.47. The zero-order valence-corrected chi connectivity index (χ0v) is 4.90. The summed E-state index contributed by atoms with van der Waals surface area (Å²) in [5, 5.41) is 5.47. The molecule has 0 saturated carbocycles. The number of carbonyl (C=O) groups is 1. The predicted octanol–water partition coefficient (Wildman–Crippen LogP) is -0.695. The van der Waals surface area contributed by atoms with Gasteiger partial charge in [0.2, 0.25) is 5.88 Å². The number of hydrogen-bond acceptors (Lipinski definition) is 4. The molecule has 0 aliphatic carbocycles. The first-order valence-corrected chi connectivity index (χ1v) is 2.49. The topological polar surface area (TPSA) is 72.1 Å². The van der Waals surface area contributed by atoms with Gasteiger partial charge in [0.1, 0.15) is 0 Å². The summed E-state index contributed by atoms with van der Waals surface area (Å²) in [6.07, 6.45) is 0. The molecule has 0 aromatic carbocycles. The lowest BCUT2D eigenvalue weighted by Crippen LogP contribution is -2.06. The van der Waals surface area contributed by atoms with Crippen LogP contribution in [0.25, 0.3) is 0 Å². The van der Waals surface area contributed by atoms with Gasteiger partial charge in [0.15, 0.2) is 0 Å². The normalized spacial score (nSPS) is 8.80. The molecule has 0 saturated heterocycles. The van der Waals surface area contributed by atoms with Crippen molar-refractivity contribution in [3.05, 3.63) is 22.5 Å². The molecular formula is C5H4N2O3. The Morgan fingerprint density at radius 2 is 2.40 bits per heavy atom. The summed E-state index contributed by atoms with van der Waals surface area (Å²) in [7, 11) is 0. The first-order chi connectivity index (χ1) is 4.83. The minimum absolute atomic E-state index is 0.0783. The number of aromatic amines is 1. The van der Waals surface area contributed by atoms with Gasteiger partial charge in [0.25, 0.3) is 12.0 Å². The van der Waals surface area contributed by atoms with Crippen LogP contribution in [-0.4, -0.2) is 16.7 Å². The summed E-state index contributed by atoms with van der Waals surface area (Å²) in [6.45, 7) is 0.237. The number of carbonyl (C=O) groups excluding carboxylic acids is 1. The maximum atomic E-state index is 10.4. The molecule has 52 valence electrons. The molecule has 1 aromatic heterocycles. The summed E-state index contributed by atoms with van der Waals surface area (Å²) < 4.78 is 4.30. The predicted molar refractivity (Wildman–Crippen MR) is 31.5 cm³/mol. The minimum atomic E-state index is -0.335. The van der Waals surface area contributed by atoms with E-state index in [-0.39, 0.29) is 17.9 Å². The van der Waals surface area contributed by atoms with Crippen LogP contribution in [0.4, 0.5) is 0 Å². The van der Waals surface area contributed by atoms with Gasteiger partial charge in [-0.2, -0.15) is 0 Å². The van der Waals surface area contributed by atoms with Crippen LogP contribution in [-0.2, 0) is 4.79 Å². The highest BCUT2D eigenvalue weighted by molar-refractivity contribution is 5.42. The number of hydrogen-bond donors (Lipinski definition) is 1. The molecule has 0 amide bonds. The van der Waals surface area contributed by atoms with Crippen LogP contribution in [0.5, 0.6) is 5.88 Å². The Morgan fingerprint density at radius 3 is 2.90 bits per heavy atom. The van der Waals surface area contributed by atoms with E-state index in [9.17, 15) is 9.59 Å². The Kier molecular flexibility index (Phi) is 1.79. The summed E-state index contributed by atoms with van der Waals surface area (Å²) in [5.74, 6) is 0.0783. The second-order valence-corrected chi connectivity index (χ2v) is 1.47. The van der Waals surface area contributed by atoms with Crippen LogP contribution in [0, 0.1) is 0 Å². The second kappa shape index (κ2) is 2.77. The first-order valence-electron chi connectivity index (χ1n) is 2.49. The van der Waals surface area contributed by atoms with Crippen LogP contribution >= 0.6 is 0 Å². The van der Waals surface area contributed by atoms with Crippen LogP contribution in [0.2, 0.25) is 0 Å². The van der Waals surface area contributed by atoms with E-state index < -0.39 is 0 Å². The van der Waals surface area contributed by atoms with E-state index in [2.05, 4.69) is 14.9 Å². The maximum Gasteiger partial charge on any atom is 0.299 e. The molecule has 1 heterocycles. The Morgan fingerprint density at radius 1 is 1.60 bits per heavy atom. The highest BCUT2D eigenvalue weighted by Crippen LogP contribution is 1.95. The standard InChI is InChI=1S/C5H4N2O3/c8-3-10-5-2-1-4(9)6-7-5/h1-3H,(H,6,9). The molecule has 0 spiro atoms. The van der Waals surface area contributed by atoms with Gasteiger partial charge < -0.3 is 4.74 Å². The number of nitrogens with zero attached hydrogens (tertiary/aromatic N) is 1. The monoisotopic (exact) mass is 140 g/mol. The number of nitrogens with one attached hydrogen (secondary N) is 1. The third-order valence-corrected chi connectivity index (χ3v) is 0.822. The first kappa shape index (κ1) is 6.47. The summed E-state index contributed by atoms with van der Waals surface area (Å²) in [6, 6.07) is 2.51. The van der Waals surface area contributed by atoms with Crippen molar-refractivity contribution in [1.82, 2.24) is 10.2 Å². The molecule has 0 unspecified atom stereocenters. The molecular weight excluding hydrogens is 136 g/mol. The summed E-state index contributed by atoms with van der Waals surface area (Å²) >= 11 is 0. The van der Waals surface area contributed by atoms with Crippen molar-refractivity contribution < 1.29 is 9.53 Å². The van der Waals surface area contributed by atoms with Crippen LogP contribution in [0.3, 0.4) is 0 Å². The number of aromatic nitrogens is 2. The third-order valence-electron chi connectivity index (χ3n) is 0.822. The number of H-pyrrole nitrogens is 1. The van der Waals surface area contributed by atoms with Crippen molar-refractivity contribution in [3.8, 4) is 5.88 Å². The average Bonchev–Trinajstić information content (AvgIpc) is 1.95. The van der Waals surface area contributed by atoms with Crippen LogP contribution in [0.15, 0.2) is 16.9 Å². The Hall–Kier alpha value is -1.65. The molecule has 0 atom stereocenters. The highest BCUT2D eigenvalue weighted by atomic mass is 16.5. The molecule has 10 heavy (non-hydrogen) atoms. The molecule has 1 aromatic rings. The fourth-order valence-corrected chi connectivity index (χ4v) is 0.447. The van der Waals surface area contributed by atoms with Gasteiger partial charge in [-0.25, -0.2) is 5.10 Å². The quantitative estimate of drug-likeness (QED) is 0.551. The largest absolute Gasteiger partial charge is 0.408 e. The fraction of sp³-hybridized carbons (Fsp3) is 0. The smallest absolute Gasteiger partial charge is 0.299 e. The molecule has 0 fully saturated rings. The van der Waals surface area contributed by atoms with E-state index in [4.69, 9.17) is 0 Å². The lowest BCUT2D eigenvalue weighted by atomic mass is 10.6. The Bertz CT molecular complexity index is 260. The van der Waals surface area contributed by atoms with Gasteiger partial charge in [-0.05, 0) is 0 Å². The van der Waals surface area contributed by atoms with Gasteiger partial charge in [-0.15, -0.1) is 5.10 Å². The summed E-state index contributed by atoms with van der Waals surface area (Å²) in [5.41, 5.74) is -0.335. The zero-order chi connectivity index (χ0) is 7.40. The van der Waals surface area contributed by atoms with Crippen molar-refractivity contribution in [2.24, 2.45) is 0 Å². The fourth-order valence-electron chi connectivity index (χ4n) is 0.447. The molecule has 1 N–H and O–H groups in total. The molecule has 0 bridgehead atoms. The van der Waals surface area contributed by atoms with Crippen LogP contribution < -0.4 is 10.3 Å². The van der Waals surface area contributed by atoms with Gasteiger partial charge in [-0.3, -0.25) is 9.59 Å². The average molecular weight is 140 g/mol. The van der Waals surface area contributed by atoms with E-state index in [1.807, 2.05) is 0 Å². The molecule has 0 aliphatic rings. The SMILES string of the molecule is O=COc1ccc(=O)[nH]n1. The van der Waals surface area contributed by atoms with E-state index in [1.165, 1.54) is 12.1 Å². The van der Waals surface area contributed by atoms with Crippen molar-refractivity contribution in [1.29, 1.82) is 0 Å². The Labute approximate surface area is 55.6 Å². The van der Waals surface area contributed by atoms with Gasteiger partial charge in [0, 0.05) is 12.1 Å². The van der Waals surface area contributed by atoms with Gasteiger partial charge in [0.05, 0.1) is 0 Å². The molecule has 5 nitrogen and oxygen atoms in total. The number of rotatable bonds is 2. The molecule has 0 radical (unpaired) electrons. The highest BCUT2D eigenvalue weighted by Gasteiger charge is 1.90. The van der Waals surface area contributed by atoms with Crippen molar-refractivity contribution in [2.75, 3.05) is 0 Å². The maximum absolute atomic E-state index is 10.4. The Balaban J connectivity index is 2.89. The van der Waals surface area contributed by atoms with Crippen molar-refractivity contribution in [3.63, 3.8) is 0 Å².